The molecular weight excluding hydrogens is 433 g/mol. The van der Waals surface area contributed by atoms with Crippen molar-refractivity contribution < 1.29 is 22.4 Å². The number of sulfone groups is 1. The Morgan fingerprint density at radius 2 is 1.81 bits per heavy atom. The van der Waals surface area contributed by atoms with Crippen molar-refractivity contribution in [3.05, 3.63) is 65.5 Å². The number of rotatable bonds is 6. The zero-order valence-corrected chi connectivity index (χ0v) is 18.9. The van der Waals surface area contributed by atoms with Crippen LogP contribution in [0.15, 0.2) is 48.5 Å². The lowest BCUT2D eigenvalue weighted by atomic mass is 10.1. The third-order valence-corrected chi connectivity index (χ3v) is 7.87. The molecule has 2 heterocycles. The van der Waals surface area contributed by atoms with Crippen molar-refractivity contribution in [2.75, 3.05) is 29.5 Å². The molecular formula is C23H26FN3O4S. The first kappa shape index (κ1) is 22.3. The Balaban J connectivity index is 1.59. The second-order valence-electron chi connectivity index (χ2n) is 8.32. The number of amides is 3. The van der Waals surface area contributed by atoms with E-state index in [1.165, 1.54) is 15.9 Å². The Hall–Kier alpha value is -2.94. The molecule has 2 fully saturated rings. The Labute approximate surface area is 187 Å². The SMILES string of the molecule is CCN(Cc1ccccc1)C(=O)CN1C(=O)N(c2ccc(C)c(F)c2)[C@@H]2CS(=O)(=O)C[C@@H]21. The number of benzene rings is 2. The van der Waals surface area contributed by atoms with Crippen molar-refractivity contribution in [1.82, 2.24) is 9.80 Å². The van der Waals surface area contributed by atoms with Gasteiger partial charge in [0.2, 0.25) is 5.91 Å². The van der Waals surface area contributed by atoms with Crippen LogP contribution in [0.25, 0.3) is 0 Å². The van der Waals surface area contributed by atoms with Crippen LogP contribution in [0.3, 0.4) is 0 Å². The van der Waals surface area contributed by atoms with Gasteiger partial charge in [0, 0.05) is 18.8 Å². The number of fused-ring (bicyclic) bond motifs is 1. The smallest absolute Gasteiger partial charge is 0.325 e. The first-order chi connectivity index (χ1) is 15.2. The Morgan fingerprint density at radius 3 is 2.47 bits per heavy atom. The molecule has 0 unspecified atom stereocenters. The molecule has 2 atom stereocenters. The molecule has 32 heavy (non-hydrogen) atoms. The van der Waals surface area contributed by atoms with Gasteiger partial charge in [0.25, 0.3) is 0 Å². The number of likely N-dealkylation sites (N-methyl/N-ethyl adjacent to an activating group) is 1. The van der Waals surface area contributed by atoms with E-state index in [9.17, 15) is 22.4 Å². The molecule has 0 spiro atoms. The summed E-state index contributed by atoms with van der Waals surface area (Å²) in [6.45, 7) is 4.11. The van der Waals surface area contributed by atoms with Crippen LogP contribution in [0.4, 0.5) is 14.9 Å². The molecule has 4 rings (SSSR count). The highest BCUT2D eigenvalue weighted by Gasteiger charge is 2.54. The van der Waals surface area contributed by atoms with Gasteiger partial charge in [0.05, 0.1) is 23.6 Å². The van der Waals surface area contributed by atoms with Crippen molar-refractivity contribution in [3.8, 4) is 0 Å². The number of halogens is 1. The summed E-state index contributed by atoms with van der Waals surface area (Å²) in [4.78, 5) is 30.7. The largest absolute Gasteiger partial charge is 0.337 e. The number of hydrogen-bond acceptors (Lipinski definition) is 4. The molecule has 0 aromatic heterocycles. The van der Waals surface area contributed by atoms with Gasteiger partial charge in [0.1, 0.15) is 12.4 Å². The maximum Gasteiger partial charge on any atom is 0.325 e. The predicted molar refractivity (Wildman–Crippen MR) is 119 cm³/mol. The summed E-state index contributed by atoms with van der Waals surface area (Å²) in [5, 5.41) is 0. The topological polar surface area (TPSA) is 78.0 Å². The highest BCUT2D eigenvalue weighted by atomic mass is 32.2. The number of nitrogens with zero attached hydrogens (tertiary/aromatic N) is 3. The highest BCUT2D eigenvalue weighted by molar-refractivity contribution is 7.91. The minimum absolute atomic E-state index is 0.202. The number of hydrogen-bond donors (Lipinski definition) is 0. The van der Waals surface area contributed by atoms with Gasteiger partial charge in [-0.2, -0.15) is 0 Å². The van der Waals surface area contributed by atoms with Crippen LogP contribution >= 0.6 is 0 Å². The van der Waals surface area contributed by atoms with Gasteiger partial charge in [-0.05, 0) is 37.1 Å². The minimum atomic E-state index is -3.39. The van der Waals surface area contributed by atoms with E-state index in [1.807, 2.05) is 37.3 Å². The van der Waals surface area contributed by atoms with Gasteiger partial charge >= 0.3 is 6.03 Å². The zero-order valence-electron chi connectivity index (χ0n) is 18.1. The average Bonchev–Trinajstić information content (AvgIpc) is 3.19. The fraction of sp³-hybridized carbons (Fsp3) is 0.391. The molecule has 2 aromatic carbocycles. The molecule has 170 valence electrons. The zero-order chi connectivity index (χ0) is 23.0. The van der Waals surface area contributed by atoms with Gasteiger partial charge in [-0.15, -0.1) is 0 Å². The summed E-state index contributed by atoms with van der Waals surface area (Å²) < 4.78 is 38.9. The van der Waals surface area contributed by atoms with E-state index in [-0.39, 0.29) is 24.0 Å². The average molecular weight is 460 g/mol. The highest BCUT2D eigenvalue weighted by Crippen LogP contribution is 2.35. The molecule has 0 aliphatic carbocycles. The molecule has 7 nitrogen and oxygen atoms in total. The molecule has 3 amide bonds. The standard InChI is InChI=1S/C23H26FN3O4S/c1-3-25(12-17-7-5-4-6-8-17)22(28)13-26-20-14-32(30,31)15-21(20)27(23(26)29)18-10-9-16(2)19(24)11-18/h4-11,20-21H,3,12-15H2,1-2H3/t20-,21+/m0/s1. The molecule has 9 heteroatoms. The van der Waals surface area contributed by atoms with Gasteiger partial charge in [-0.3, -0.25) is 9.69 Å². The van der Waals surface area contributed by atoms with Crippen molar-refractivity contribution in [2.24, 2.45) is 0 Å². The lowest BCUT2D eigenvalue weighted by Gasteiger charge is -2.26. The Kier molecular flexibility index (Phi) is 5.94. The normalized spacial score (nSPS) is 21.7. The van der Waals surface area contributed by atoms with E-state index >= 15 is 0 Å². The van der Waals surface area contributed by atoms with E-state index in [4.69, 9.17) is 0 Å². The van der Waals surface area contributed by atoms with Crippen molar-refractivity contribution in [2.45, 2.75) is 32.5 Å². The van der Waals surface area contributed by atoms with Gasteiger partial charge in [-0.25, -0.2) is 17.6 Å². The summed E-state index contributed by atoms with van der Waals surface area (Å²) in [5.41, 5.74) is 1.70. The van der Waals surface area contributed by atoms with E-state index in [1.54, 1.807) is 24.0 Å². The molecule has 2 saturated heterocycles. The van der Waals surface area contributed by atoms with Gasteiger partial charge < -0.3 is 9.80 Å². The van der Waals surface area contributed by atoms with Crippen LogP contribution in [0.5, 0.6) is 0 Å². The lowest BCUT2D eigenvalue weighted by Crippen LogP contribution is -2.45. The number of anilines is 1. The Bertz CT molecular complexity index is 1140. The molecule has 0 bridgehead atoms. The van der Waals surface area contributed by atoms with E-state index in [2.05, 4.69) is 0 Å². The predicted octanol–water partition coefficient (Wildman–Crippen LogP) is 2.59. The number of carbonyl (C=O) groups is 2. The van der Waals surface area contributed by atoms with Crippen molar-refractivity contribution >= 4 is 27.5 Å². The van der Waals surface area contributed by atoms with Crippen molar-refractivity contribution in [1.29, 1.82) is 0 Å². The second kappa shape index (κ2) is 8.54. The molecule has 0 saturated carbocycles. The monoisotopic (exact) mass is 459 g/mol. The van der Waals surface area contributed by atoms with Crippen LogP contribution in [0.2, 0.25) is 0 Å². The maximum atomic E-state index is 14.2. The van der Waals surface area contributed by atoms with E-state index < -0.39 is 33.8 Å². The van der Waals surface area contributed by atoms with Crippen LogP contribution in [0.1, 0.15) is 18.1 Å². The summed E-state index contributed by atoms with van der Waals surface area (Å²) in [6.07, 6.45) is 0. The van der Waals surface area contributed by atoms with Crippen LogP contribution in [-0.4, -0.2) is 66.8 Å². The molecule has 2 aromatic rings. The summed E-state index contributed by atoms with van der Waals surface area (Å²) >= 11 is 0. The fourth-order valence-corrected chi connectivity index (χ4v) is 6.37. The summed E-state index contributed by atoms with van der Waals surface area (Å²) in [6, 6.07) is 12.2. The fourth-order valence-electron chi connectivity index (χ4n) is 4.42. The van der Waals surface area contributed by atoms with Gasteiger partial charge in [-0.1, -0.05) is 36.4 Å². The lowest BCUT2D eigenvalue weighted by molar-refractivity contribution is -0.132. The minimum Gasteiger partial charge on any atom is -0.337 e. The van der Waals surface area contributed by atoms with E-state index in [0.29, 0.717) is 24.3 Å². The molecule has 2 aliphatic rings. The number of urea groups is 1. The molecule has 0 N–H and O–H groups in total. The molecule has 0 radical (unpaired) electrons. The van der Waals surface area contributed by atoms with E-state index in [0.717, 1.165) is 5.56 Å². The number of carbonyl (C=O) groups excluding carboxylic acids is 2. The number of aryl methyl sites for hydroxylation is 1. The van der Waals surface area contributed by atoms with Crippen LogP contribution < -0.4 is 4.90 Å². The third-order valence-electron chi connectivity index (χ3n) is 6.17. The van der Waals surface area contributed by atoms with Crippen LogP contribution in [-0.2, 0) is 21.2 Å². The third kappa shape index (κ3) is 4.21. The first-order valence-corrected chi connectivity index (χ1v) is 12.4. The Morgan fingerprint density at radius 1 is 1.12 bits per heavy atom. The quantitative estimate of drug-likeness (QED) is 0.622. The van der Waals surface area contributed by atoms with Crippen LogP contribution in [0, 0.1) is 12.7 Å². The second-order valence-corrected chi connectivity index (χ2v) is 10.5. The molecule has 2 aliphatic heterocycles. The van der Waals surface area contributed by atoms with Crippen molar-refractivity contribution in [3.63, 3.8) is 0 Å². The van der Waals surface area contributed by atoms with Gasteiger partial charge in [0.15, 0.2) is 9.84 Å². The summed E-state index contributed by atoms with van der Waals surface area (Å²) in [5.74, 6) is -1.14. The summed E-state index contributed by atoms with van der Waals surface area (Å²) in [7, 11) is -3.39. The first-order valence-electron chi connectivity index (χ1n) is 10.6. The maximum absolute atomic E-state index is 14.2.